The number of nitrogens with zero attached hydrogens (tertiary/aromatic N) is 1. The lowest BCUT2D eigenvalue weighted by Gasteiger charge is -2.14. The van der Waals surface area contributed by atoms with Crippen molar-refractivity contribution in [3.05, 3.63) is 22.8 Å². The first-order valence-electron chi connectivity index (χ1n) is 5.18. The molecule has 0 bridgehead atoms. The molecular formula is C11H17BrN2S. The van der Waals surface area contributed by atoms with Gasteiger partial charge < -0.3 is 5.32 Å². The number of halogens is 1. The maximum Gasteiger partial charge on any atom is 0.110 e. The smallest absolute Gasteiger partial charge is 0.110 e. The Hall–Kier alpha value is -0.0600. The van der Waals surface area contributed by atoms with E-state index in [-0.39, 0.29) is 0 Å². The molecule has 1 atom stereocenters. The van der Waals surface area contributed by atoms with Crippen LogP contribution < -0.4 is 5.32 Å². The molecule has 0 amide bonds. The number of hydrogen-bond donors (Lipinski definition) is 1. The first-order valence-corrected chi connectivity index (χ1v) is 6.96. The van der Waals surface area contributed by atoms with Crippen molar-refractivity contribution in [3.8, 4) is 0 Å². The molecule has 15 heavy (non-hydrogen) atoms. The highest BCUT2D eigenvalue weighted by Gasteiger charge is 2.07. The Morgan fingerprint density at radius 3 is 3.00 bits per heavy atom. The summed E-state index contributed by atoms with van der Waals surface area (Å²) in [6.45, 7) is 2.21. The molecule has 0 aliphatic carbocycles. The van der Waals surface area contributed by atoms with E-state index >= 15 is 0 Å². The Balaban J connectivity index is 2.45. The van der Waals surface area contributed by atoms with Crippen molar-refractivity contribution in [3.63, 3.8) is 0 Å². The minimum atomic E-state index is 0.578. The third-order valence-electron chi connectivity index (χ3n) is 2.19. The number of aromatic nitrogens is 1. The Morgan fingerprint density at radius 1 is 1.60 bits per heavy atom. The van der Waals surface area contributed by atoms with Crippen LogP contribution in [0.2, 0.25) is 0 Å². The first-order chi connectivity index (χ1) is 7.27. The van der Waals surface area contributed by atoms with Gasteiger partial charge in [-0.05, 0) is 41.5 Å². The maximum absolute atomic E-state index is 4.33. The summed E-state index contributed by atoms with van der Waals surface area (Å²) in [7, 11) is 2.02. The SMILES string of the molecule is CCCC(CSc1ncccc1Br)NC. The molecule has 1 aromatic heterocycles. The van der Waals surface area contributed by atoms with E-state index in [9.17, 15) is 0 Å². The van der Waals surface area contributed by atoms with E-state index in [0.717, 1.165) is 15.3 Å². The van der Waals surface area contributed by atoms with Gasteiger partial charge in [-0.2, -0.15) is 0 Å². The van der Waals surface area contributed by atoms with Crippen molar-refractivity contribution in [2.45, 2.75) is 30.8 Å². The number of rotatable bonds is 6. The highest BCUT2D eigenvalue weighted by molar-refractivity contribution is 9.10. The van der Waals surface area contributed by atoms with E-state index in [4.69, 9.17) is 0 Å². The molecule has 0 aliphatic rings. The van der Waals surface area contributed by atoms with Crippen molar-refractivity contribution in [2.75, 3.05) is 12.8 Å². The summed E-state index contributed by atoms with van der Waals surface area (Å²) in [5.74, 6) is 1.07. The largest absolute Gasteiger partial charge is 0.316 e. The summed E-state index contributed by atoms with van der Waals surface area (Å²) in [4.78, 5) is 4.33. The van der Waals surface area contributed by atoms with Crippen LogP contribution in [-0.2, 0) is 0 Å². The number of hydrogen-bond acceptors (Lipinski definition) is 3. The Labute approximate surface area is 104 Å². The van der Waals surface area contributed by atoms with E-state index in [1.54, 1.807) is 11.8 Å². The topological polar surface area (TPSA) is 24.9 Å². The molecule has 1 rings (SSSR count). The number of nitrogens with one attached hydrogen (secondary N) is 1. The van der Waals surface area contributed by atoms with Crippen molar-refractivity contribution in [1.29, 1.82) is 0 Å². The highest BCUT2D eigenvalue weighted by atomic mass is 79.9. The molecule has 2 nitrogen and oxygen atoms in total. The van der Waals surface area contributed by atoms with Crippen molar-refractivity contribution < 1.29 is 0 Å². The lowest BCUT2D eigenvalue weighted by molar-refractivity contribution is 0.564. The van der Waals surface area contributed by atoms with Crippen molar-refractivity contribution in [2.24, 2.45) is 0 Å². The zero-order valence-corrected chi connectivity index (χ0v) is 11.6. The first kappa shape index (κ1) is 13.0. The van der Waals surface area contributed by atoms with Gasteiger partial charge in [0.2, 0.25) is 0 Å². The van der Waals surface area contributed by atoms with Crippen LogP contribution in [0.4, 0.5) is 0 Å². The minimum Gasteiger partial charge on any atom is -0.316 e. The molecule has 1 N–H and O–H groups in total. The summed E-state index contributed by atoms with van der Waals surface area (Å²) in [6.07, 6.45) is 4.27. The Morgan fingerprint density at radius 2 is 2.40 bits per heavy atom. The van der Waals surface area contributed by atoms with Gasteiger partial charge in [-0.25, -0.2) is 4.98 Å². The van der Waals surface area contributed by atoms with E-state index in [1.165, 1.54) is 12.8 Å². The fourth-order valence-corrected chi connectivity index (χ4v) is 2.95. The quantitative estimate of drug-likeness (QED) is 0.813. The van der Waals surface area contributed by atoms with Gasteiger partial charge >= 0.3 is 0 Å². The van der Waals surface area contributed by atoms with Crippen LogP contribution in [-0.4, -0.2) is 23.8 Å². The fourth-order valence-electron chi connectivity index (χ4n) is 1.32. The molecule has 0 radical (unpaired) electrons. The maximum atomic E-state index is 4.33. The van der Waals surface area contributed by atoms with Gasteiger partial charge in [0.1, 0.15) is 5.03 Å². The standard InChI is InChI=1S/C11H17BrN2S/c1-3-5-9(13-2)8-15-11-10(12)6-4-7-14-11/h4,6-7,9,13H,3,5,8H2,1-2H3. The molecule has 84 valence electrons. The van der Waals surface area contributed by atoms with Gasteiger partial charge in [0.05, 0.1) is 0 Å². The third kappa shape index (κ3) is 4.53. The monoisotopic (exact) mass is 288 g/mol. The molecule has 0 aliphatic heterocycles. The minimum absolute atomic E-state index is 0.578. The van der Waals surface area contributed by atoms with Crippen LogP contribution in [0.15, 0.2) is 27.8 Å². The summed E-state index contributed by atoms with van der Waals surface area (Å²) in [6, 6.07) is 4.55. The van der Waals surface area contributed by atoms with Crippen LogP contribution in [0, 0.1) is 0 Å². The lowest BCUT2D eigenvalue weighted by atomic mass is 10.2. The van der Waals surface area contributed by atoms with E-state index < -0.39 is 0 Å². The van der Waals surface area contributed by atoms with Gasteiger partial charge in [-0.15, -0.1) is 11.8 Å². The molecule has 0 aromatic carbocycles. The summed E-state index contributed by atoms with van der Waals surface area (Å²) in [5.41, 5.74) is 0. The van der Waals surface area contributed by atoms with E-state index in [1.807, 2.05) is 25.4 Å². The molecule has 0 fully saturated rings. The van der Waals surface area contributed by atoms with E-state index in [2.05, 4.69) is 33.2 Å². The Kier molecular flexibility index (Phi) is 6.29. The van der Waals surface area contributed by atoms with Crippen LogP contribution in [0.3, 0.4) is 0 Å². The fraction of sp³-hybridized carbons (Fsp3) is 0.545. The molecular weight excluding hydrogens is 272 g/mol. The molecule has 1 unspecified atom stereocenters. The Bertz CT molecular complexity index is 294. The van der Waals surface area contributed by atoms with Gasteiger partial charge in [-0.1, -0.05) is 13.3 Å². The molecule has 0 saturated heterocycles. The second kappa shape index (κ2) is 7.25. The van der Waals surface area contributed by atoms with Crippen molar-refractivity contribution in [1.82, 2.24) is 10.3 Å². The average Bonchev–Trinajstić information content (AvgIpc) is 2.26. The lowest BCUT2D eigenvalue weighted by Crippen LogP contribution is -2.27. The van der Waals surface area contributed by atoms with Crippen LogP contribution >= 0.6 is 27.7 Å². The van der Waals surface area contributed by atoms with Crippen LogP contribution in [0.5, 0.6) is 0 Å². The predicted molar refractivity (Wildman–Crippen MR) is 70.4 cm³/mol. The van der Waals surface area contributed by atoms with Crippen LogP contribution in [0.25, 0.3) is 0 Å². The molecule has 1 heterocycles. The normalized spacial score (nSPS) is 12.7. The second-order valence-electron chi connectivity index (χ2n) is 3.38. The molecule has 0 saturated carbocycles. The number of thioether (sulfide) groups is 1. The number of pyridine rings is 1. The molecule has 4 heteroatoms. The zero-order valence-electron chi connectivity index (χ0n) is 9.16. The summed E-state index contributed by atoms with van der Waals surface area (Å²) < 4.78 is 1.08. The average molecular weight is 289 g/mol. The van der Waals surface area contributed by atoms with Crippen molar-refractivity contribution >= 4 is 27.7 Å². The molecule has 1 aromatic rings. The molecule has 0 spiro atoms. The second-order valence-corrected chi connectivity index (χ2v) is 5.24. The third-order valence-corrected chi connectivity index (χ3v) is 4.26. The summed E-state index contributed by atoms with van der Waals surface area (Å²) >= 11 is 5.30. The highest BCUT2D eigenvalue weighted by Crippen LogP contribution is 2.25. The predicted octanol–water partition coefficient (Wildman–Crippen LogP) is 3.32. The zero-order chi connectivity index (χ0) is 11.1. The summed E-state index contributed by atoms with van der Waals surface area (Å²) in [5, 5.41) is 4.41. The van der Waals surface area contributed by atoms with E-state index in [0.29, 0.717) is 6.04 Å². The van der Waals surface area contributed by atoms with Gasteiger partial charge in [0.25, 0.3) is 0 Å². The van der Waals surface area contributed by atoms with Gasteiger partial charge in [-0.3, -0.25) is 0 Å². The van der Waals surface area contributed by atoms with Crippen LogP contribution in [0.1, 0.15) is 19.8 Å². The van der Waals surface area contributed by atoms with Gasteiger partial charge in [0, 0.05) is 22.5 Å². The van der Waals surface area contributed by atoms with Gasteiger partial charge in [0.15, 0.2) is 0 Å².